The molecule has 0 bridgehead atoms. The average molecular weight is 486 g/mol. The van der Waals surface area contributed by atoms with E-state index in [1.807, 2.05) is 37.3 Å². The maximum absolute atomic E-state index is 11.2. The molecule has 0 amide bonds. The molecule has 180 valence electrons. The normalized spacial score (nSPS) is 14.1. The average Bonchev–Trinajstić information content (AvgIpc) is 3.04. The van der Waals surface area contributed by atoms with Crippen molar-refractivity contribution in [2.24, 2.45) is 5.92 Å². The molecule has 33 heavy (non-hydrogen) atoms. The van der Waals surface area contributed by atoms with E-state index in [0.29, 0.717) is 12.1 Å². The summed E-state index contributed by atoms with van der Waals surface area (Å²) in [4.78, 5) is 1.54. The van der Waals surface area contributed by atoms with Gasteiger partial charge in [0.15, 0.2) is 16.6 Å². The number of phenols is 1. The van der Waals surface area contributed by atoms with E-state index in [0.717, 1.165) is 28.6 Å². The Morgan fingerprint density at radius 2 is 1.48 bits per heavy atom. The van der Waals surface area contributed by atoms with Gasteiger partial charge in [0, 0.05) is 6.42 Å². The van der Waals surface area contributed by atoms with Gasteiger partial charge in [-0.1, -0.05) is 25.1 Å². The van der Waals surface area contributed by atoms with Crippen LogP contribution in [-0.4, -0.2) is 42.5 Å². The van der Waals surface area contributed by atoms with Crippen LogP contribution in [-0.2, 0) is 15.3 Å². The number of aromatic nitrogens is 3. The molecule has 1 heterocycles. The van der Waals surface area contributed by atoms with Crippen LogP contribution in [0.5, 0.6) is 5.75 Å². The van der Waals surface area contributed by atoms with Gasteiger partial charge in [0.1, 0.15) is 28.3 Å². The van der Waals surface area contributed by atoms with E-state index in [1.165, 1.54) is 4.80 Å². The molecule has 0 saturated carbocycles. The molecule has 3 rings (SSSR count). The first-order chi connectivity index (χ1) is 15.1. The maximum atomic E-state index is 11.2. The van der Waals surface area contributed by atoms with Gasteiger partial charge in [-0.2, -0.15) is 0 Å². The predicted molar refractivity (Wildman–Crippen MR) is 140 cm³/mol. The largest absolute Gasteiger partial charge is 0.505 e. The van der Waals surface area contributed by atoms with Gasteiger partial charge in [0.05, 0.1) is 0 Å². The Kier molecular flexibility index (Phi) is 7.24. The molecular weight excluding hydrogens is 446 g/mol. The lowest BCUT2D eigenvalue weighted by atomic mass is 9.93. The van der Waals surface area contributed by atoms with E-state index in [2.05, 4.69) is 69.4 Å². The van der Waals surface area contributed by atoms with Crippen LogP contribution in [0.4, 0.5) is 0 Å². The molecule has 2 aromatic carbocycles. The van der Waals surface area contributed by atoms with Gasteiger partial charge in [-0.25, -0.2) is 0 Å². The molecule has 0 fully saturated rings. The standard InChI is InChI=1S/C25H39N3O3Si2/c1-18-14-20(15-19(2)17-25(3,30-32(4,5)6)31-33(7,8)9)24(29)23(16-18)28-26-21-12-10-11-13-22(21)27-28/h10-14,16,19,29H,15,17H2,1-9H3. The van der Waals surface area contributed by atoms with Gasteiger partial charge < -0.3 is 14.0 Å². The topological polar surface area (TPSA) is 69.4 Å². The van der Waals surface area contributed by atoms with Gasteiger partial charge in [-0.3, -0.25) is 0 Å². The zero-order valence-corrected chi connectivity index (χ0v) is 23.6. The summed E-state index contributed by atoms with van der Waals surface area (Å²) in [5, 5.41) is 20.3. The van der Waals surface area contributed by atoms with Crippen LogP contribution in [0.2, 0.25) is 39.3 Å². The third-order valence-corrected chi connectivity index (χ3v) is 7.24. The fourth-order valence-corrected chi connectivity index (χ4v) is 7.51. The molecule has 0 aliphatic carbocycles. The smallest absolute Gasteiger partial charge is 0.187 e. The van der Waals surface area contributed by atoms with Gasteiger partial charge in [0.25, 0.3) is 0 Å². The zero-order valence-electron chi connectivity index (χ0n) is 21.6. The van der Waals surface area contributed by atoms with Crippen molar-refractivity contribution in [2.75, 3.05) is 0 Å². The summed E-state index contributed by atoms with van der Waals surface area (Å²) in [6, 6.07) is 11.7. The Labute approximate surface area is 200 Å². The number of phenolic OH excluding ortho intramolecular Hbond substituents is 1. The van der Waals surface area contributed by atoms with Crippen LogP contribution < -0.4 is 0 Å². The van der Waals surface area contributed by atoms with Crippen molar-refractivity contribution < 1.29 is 14.0 Å². The quantitative estimate of drug-likeness (QED) is 0.280. The summed E-state index contributed by atoms with van der Waals surface area (Å²) in [6.45, 7) is 19.5. The van der Waals surface area contributed by atoms with Gasteiger partial charge in [-0.15, -0.1) is 15.0 Å². The minimum atomic E-state index is -1.81. The monoisotopic (exact) mass is 485 g/mol. The second kappa shape index (κ2) is 9.33. The minimum absolute atomic E-state index is 0.228. The van der Waals surface area contributed by atoms with Gasteiger partial charge >= 0.3 is 0 Å². The van der Waals surface area contributed by atoms with Crippen LogP contribution in [0, 0.1) is 12.8 Å². The molecule has 1 atom stereocenters. The Morgan fingerprint density at radius 1 is 0.970 bits per heavy atom. The van der Waals surface area contributed by atoms with Crippen molar-refractivity contribution >= 4 is 27.7 Å². The number of fused-ring (bicyclic) bond motifs is 1. The number of aryl methyl sites for hydroxylation is 1. The Hall–Kier alpha value is -2.01. The molecular formula is C25H39N3O3Si2. The highest BCUT2D eigenvalue weighted by atomic mass is 28.4. The highest BCUT2D eigenvalue weighted by Gasteiger charge is 2.38. The maximum Gasteiger partial charge on any atom is 0.187 e. The predicted octanol–water partition coefficient (Wildman–Crippen LogP) is 6.42. The van der Waals surface area contributed by atoms with Crippen LogP contribution in [0.25, 0.3) is 16.7 Å². The van der Waals surface area contributed by atoms with E-state index in [-0.39, 0.29) is 11.7 Å². The van der Waals surface area contributed by atoms with E-state index in [1.54, 1.807) is 0 Å². The van der Waals surface area contributed by atoms with E-state index in [4.69, 9.17) is 8.85 Å². The summed E-state index contributed by atoms with van der Waals surface area (Å²) >= 11 is 0. The summed E-state index contributed by atoms with van der Waals surface area (Å²) in [6.07, 6.45) is 1.47. The van der Waals surface area contributed by atoms with Gasteiger partial charge in [0.2, 0.25) is 0 Å². The molecule has 1 unspecified atom stereocenters. The first-order valence-electron chi connectivity index (χ1n) is 11.7. The fraction of sp³-hybridized carbons (Fsp3) is 0.520. The number of aromatic hydroxyl groups is 1. The summed E-state index contributed by atoms with van der Waals surface area (Å²) < 4.78 is 13.1. The number of hydrogen-bond donors (Lipinski definition) is 1. The van der Waals surface area contributed by atoms with Crippen LogP contribution in [0.1, 0.15) is 31.4 Å². The summed E-state index contributed by atoms with van der Waals surface area (Å²) in [5.74, 6) is -0.155. The lowest BCUT2D eigenvalue weighted by Crippen LogP contribution is -2.49. The minimum Gasteiger partial charge on any atom is -0.505 e. The van der Waals surface area contributed by atoms with Gasteiger partial charge in [-0.05, 0) is 94.8 Å². The molecule has 0 spiro atoms. The van der Waals surface area contributed by atoms with Crippen LogP contribution in [0.3, 0.4) is 0 Å². The van der Waals surface area contributed by atoms with Crippen molar-refractivity contribution in [1.82, 2.24) is 15.0 Å². The Balaban J connectivity index is 1.87. The second-order valence-corrected chi connectivity index (χ2v) is 20.2. The molecule has 1 N–H and O–H groups in total. The highest BCUT2D eigenvalue weighted by molar-refractivity contribution is 6.71. The van der Waals surface area contributed by atoms with Crippen molar-refractivity contribution in [2.45, 2.75) is 78.7 Å². The van der Waals surface area contributed by atoms with Crippen LogP contribution in [0.15, 0.2) is 36.4 Å². The number of rotatable bonds is 9. The van der Waals surface area contributed by atoms with E-state index in [9.17, 15) is 5.11 Å². The van der Waals surface area contributed by atoms with Crippen molar-refractivity contribution in [3.63, 3.8) is 0 Å². The molecule has 0 saturated heterocycles. The lowest BCUT2D eigenvalue weighted by molar-refractivity contribution is -0.125. The lowest BCUT2D eigenvalue weighted by Gasteiger charge is -2.42. The molecule has 3 aromatic rings. The van der Waals surface area contributed by atoms with Crippen molar-refractivity contribution in [3.05, 3.63) is 47.5 Å². The third-order valence-electron chi connectivity index (χ3n) is 5.15. The van der Waals surface area contributed by atoms with Crippen molar-refractivity contribution in [1.29, 1.82) is 0 Å². The molecule has 8 heteroatoms. The second-order valence-electron chi connectivity index (χ2n) is 11.3. The SMILES string of the molecule is Cc1cc(CC(C)CC(C)(O[Si](C)(C)C)O[Si](C)(C)C)c(O)c(-n2nc3ccccc3n2)c1. The van der Waals surface area contributed by atoms with Crippen molar-refractivity contribution in [3.8, 4) is 11.4 Å². The molecule has 0 aliphatic heterocycles. The first kappa shape index (κ1) is 25.6. The molecule has 1 aromatic heterocycles. The highest BCUT2D eigenvalue weighted by Crippen LogP contribution is 2.34. The number of hydrogen-bond acceptors (Lipinski definition) is 5. The molecule has 6 nitrogen and oxygen atoms in total. The van der Waals surface area contributed by atoms with E-state index < -0.39 is 22.4 Å². The van der Waals surface area contributed by atoms with Crippen LogP contribution >= 0.6 is 0 Å². The number of benzene rings is 2. The summed E-state index contributed by atoms with van der Waals surface area (Å²) in [7, 11) is -3.63. The third kappa shape index (κ3) is 6.99. The first-order valence-corrected chi connectivity index (χ1v) is 18.5. The fourth-order valence-electron chi connectivity index (χ4n) is 4.59. The molecule has 0 aliphatic rings. The zero-order chi connectivity index (χ0) is 24.6. The summed E-state index contributed by atoms with van der Waals surface area (Å²) in [5.41, 5.74) is 4.16. The number of nitrogens with zero attached hydrogens (tertiary/aromatic N) is 3. The Morgan fingerprint density at radius 3 is 1.97 bits per heavy atom. The van der Waals surface area contributed by atoms with E-state index >= 15 is 0 Å². The Bertz CT molecular complexity index is 1070. The molecule has 0 radical (unpaired) electrons.